The Balaban J connectivity index is 1.75. The summed E-state index contributed by atoms with van der Waals surface area (Å²) in [6.07, 6.45) is 3.49. The highest BCUT2D eigenvalue weighted by Crippen LogP contribution is 2.36. The number of rotatable bonds is 3. The Morgan fingerprint density at radius 2 is 1.90 bits per heavy atom. The van der Waals surface area contributed by atoms with Crippen molar-refractivity contribution in [1.82, 2.24) is 9.97 Å². The molecule has 0 radical (unpaired) electrons. The van der Waals surface area contributed by atoms with Crippen LogP contribution < -0.4 is 20.5 Å². The lowest BCUT2D eigenvalue weighted by Crippen LogP contribution is -2.16. The van der Waals surface area contributed by atoms with Crippen LogP contribution >= 0.6 is 0 Å². The molecule has 2 heterocycles. The Morgan fingerprint density at radius 1 is 1.15 bits per heavy atom. The second kappa shape index (κ2) is 5.24. The van der Waals surface area contributed by atoms with Crippen LogP contribution in [-0.2, 0) is 6.54 Å². The van der Waals surface area contributed by atoms with Crippen LogP contribution in [0.25, 0.3) is 0 Å². The summed E-state index contributed by atoms with van der Waals surface area (Å²) in [5.74, 6) is 1.40. The van der Waals surface area contributed by atoms with Crippen molar-refractivity contribution in [3.05, 3.63) is 35.9 Å². The summed E-state index contributed by atoms with van der Waals surface area (Å²) in [4.78, 5) is 8.49. The predicted octanol–water partition coefficient (Wildman–Crippen LogP) is 1.75. The topological polar surface area (TPSA) is 82.3 Å². The highest BCUT2D eigenvalue weighted by Gasteiger charge is 2.14. The maximum atomic E-state index is 6.00. The summed E-state index contributed by atoms with van der Waals surface area (Å²) in [6, 6.07) is 3.63. The number of hydrogen-bond acceptors (Lipinski definition) is 6. The minimum atomic E-state index is 0.553. The lowest BCUT2D eigenvalue weighted by atomic mass is 10.2. The molecule has 0 atom stereocenters. The number of fused-ring (bicyclic) bond motifs is 1. The zero-order chi connectivity index (χ0) is 13.9. The standard InChI is InChI=1S/C14H16N4O2/c1-9-6-17-10(7-16-9)8-18-12-5-14-13(4-11(12)15)19-2-3-20-14/h4-7,18H,2-3,8,15H2,1H3. The third-order valence-electron chi connectivity index (χ3n) is 3.01. The number of aryl methyl sites for hydroxylation is 1. The van der Waals surface area contributed by atoms with Gasteiger partial charge in [0.1, 0.15) is 13.2 Å². The lowest BCUT2D eigenvalue weighted by molar-refractivity contribution is 0.172. The molecule has 0 amide bonds. The van der Waals surface area contributed by atoms with Gasteiger partial charge in [-0.3, -0.25) is 9.97 Å². The first-order chi connectivity index (χ1) is 9.72. The number of aromatic nitrogens is 2. The van der Waals surface area contributed by atoms with Crippen molar-refractivity contribution < 1.29 is 9.47 Å². The molecule has 0 saturated heterocycles. The average Bonchev–Trinajstić information content (AvgIpc) is 2.47. The minimum Gasteiger partial charge on any atom is -0.486 e. The Kier molecular flexibility index (Phi) is 3.28. The first kappa shape index (κ1) is 12.5. The first-order valence-electron chi connectivity index (χ1n) is 6.43. The minimum absolute atomic E-state index is 0.553. The van der Waals surface area contributed by atoms with Crippen LogP contribution in [0.1, 0.15) is 11.4 Å². The van der Waals surface area contributed by atoms with E-state index in [-0.39, 0.29) is 0 Å². The molecule has 1 aliphatic heterocycles. The fourth-order valence-electron chi connectivity index (χ4n) is 1.95. The highest BCUT2D eigenvalue weighted by atomic mass is 16.6. The number of hydrogen-bond donors (Lipinski definition) is 2. The van der Waals surface area contributed by atoms with Gasteiger partial charge in [0.05, 0.1) is 35.5 Å². The molecule has 6 heteroatoms. The van der Waals surface area contributed by atoms with Gasteiger partial charge >= 0.3 is 0 Å². The zero-order valence-corrected chi connectivity index (χ0v) is 11.2. The van der Waals surface area contributed by atoms with Crippen LogP contribution in [0, 0.1) is 6.92 Å². The zero-order valence-electron chi connectivity index (χ0n) is 11.2. The summed E-state index contributed by atoms with van der Waals surface area (Å²) in [7, 11) is 0. The third-order valence-corrected chi connectivity index (χ3v) is 3.01. The molecule has 0 unspecified atom stereocenters. The monoisotopic (exact) mass is 272 g/mol. The molecule has 2 aromatic rings. The molecule has 0 fully saturated rings. The van der Waals surface area contributed by atoms with Crippen molar-refractivity contribution in [3.63, 3.8) is 0 Å². The Hall–Kier alpha value is -2.50. The van der Waals surface area contributed by atoms with E-state index in [1.54, 1.807) is 18.5 Å². The van der Waals surface area contributed by atoms with Gasteiger partial charge in [0.2, 0.25) is 0 Å². The molecule has 6 nitrogen and oxygen atoms in total. The van der Waals surface area contributed by atoms with E-state index in [0.717, 1.165) is 17.1 Å². The van der Waals surface area contributed by atoms with Gasteiger partial charge in [-0.25, -0.2) is 0 Å². The largest absolute Gasteiger partial charge is 0.486 e. The van der Waals surface area contributed by atoms with Crippen LogP contribution in [-0.4, -0.2) is 23.2 Å². The van der Waals surface area contributed by atoms with Crippen molar-refractivity contribution >= 4 is 11.4 Å². The van der Waals surface area contributed by atoms with E-state index in [4.69, 9.17) is 15.2 Å². The predicted molar refractivity (Wildman–Crippen MR) is 75.9 cm³/mol. The number of anilines is 2. The number of nitrogens with one attached hydrogen (secondary N) is 1. The number of benzene rings is 1. The van der Waals surface area contributed by atoms with Crippen LogP contribution in [0.2, 0.25) is 0 Å². The second-order valence-corrected chi connectivity index (χ2v) is 4.59. The van der Waals surface area contributed by atoms with E-state index in [0.29, 0.717) is 36.9 Å². The van der Waals surface area contributed by atoms with Gasteiger partial charge in [0, 0.05) is 18.3 Å². The van der Waals surface area contributed by atoms with Crippen LogP contribution in [0.4, 0.5) is 11.4 Å². The van der Waals surface area contributed by atoms with E-state index < -0.39 is 0 Å². The molecule has 20 heavy (non-hydrogen) atoms. The number of nitrogens with zero attached hydrogens (tertiary/aromatic N) is 2. The second-order valence-electron chi connectivity index (χ2n) is 4.59. The van der Waals surface area contributed by atoms with Crippen molar-refractivity contribution in [1.29, 1.82) is 0 Å². The van der Waals surface area contributed by atoms with Gasteiger partial charge in [-0.2, -0.15) is 0 Å². The average molecular weight is 272 g/mol. The molecule has 0 aliphatic carbocycles. The van der Waals surface area contributed by atoms with Crippen LogP contribution in [0.15, 0.2) is 24.5 Å². The van der Waals surface area contributed by atoms with E-state index in [1.165, 1.54) is 0 Å². The van der Waals surface area contributed by atoms with Gasteiger partial charge in [-0.15, -0.1) is 0 Å². The van der Waals surface area contributed by atoms with Crippen molar-refractivity contribution in [2.24, 2.45) is 0 Å². The molecule has 1 aromatic heterocycles. The third kappa shape index (κ3) is 2.59. The maximum absolute atomic E-state index is 6.00. The summed E-state index contributed by atoms with van der Waals surface area (Å²) < 4.78 is 11.0. The fourth-order valence-corrected chi connectivity index (χ4v) is 1.95. The highest BCUT2D eigenvalue weighted by molar-refractivity contribution is 5.72. The molecule has 3 rings (SSSR count). The molecule has 1 aromatic carbocycles. The molecule has 0 spiro atoms. The lowest BCUT2D eigenvalue weighted by Gasteiger charge is -2.20. The maximum Gasteiger partial charge on any atom is 0.163 e. The van der Waals surface area contributed by atoms with Crippen molar-refractivity contribution in [2.45, 2.75) is 13.5 Å². The van der Waals surface area contributed by atoms with Crippen LogP contribution in [0.5, 0.6) is 11.5 Å². The van der Waals surface area contributed by atoms with E-state index in [9.17, 15) is 0 Å². The molecule has 104 valence electrons. The van der Waals surface area contributed by atoms with Gasteiger partial charge in [0.15, 0.2) is 11.5 Å². The quantitative estimate of drug-likeness (QED) is 0.828. The Bertz CT molecular complexity index is 613. The normalized spacial score (nSPS) is 13.1. The van der Waals surface area contributed by atoms with E-state index >= 15 is 0 Å². The smallest absolute Gasteiger partial charge is 0.163 e. The van der Waals surface area contributed by atoms with Crippen molar-refractivity contribution in [2.75, 3.05) is 24.3 Å². The molecular formula is C14H16N4O2. The van der Waals surface area contributed by atoms with Gasteiger partial charge in [-0.05, 0) is 6.92 Å². The molecule has 0 saturated carbocycles. The van der Waals surface area contributed by atoms with Crippen LogP contribution in [0.3, 0.4) is 0 Å². The van der Waals surface area contributed by atoms with Gasteiger partial charge in [0.25, 0.3) is 0 Å². The van der Waals surface area contributed by atoms with Gasteiger partial charge < -0.3 is 20.5 Å². The number of nitrogen functional groups attached to an aromatic ring is 1. The summed E-state index contributed by atoms with van der Waals surface area (Å²) in [6.45, 7) is 3.57. The summed E-state index contributed by atoms with van der Waals surface area (Å²) in [5.41, 5.74) is 9.17. The number of ether oxygens (including phenoxy) is 2. The molecule has 3 N–H and O–H groups in total. The summed E-state index contributed by atoms with van der Waals surface area (Å²) >= 11 is 0. The number of nitrogens with two attached hydrogens (primary N) is 1. The van der Waals surface area contributed by atoms with E-state index in [2.05, 4.69) is 15.3 Å². The Labute approximate surface area is 116 Å². The first-order valence-corrected chi connectivity index (χ1v) is 6.43. The molecule has 0 bridgehead atoms. The SMILES string of the molecule is Cc1cnc(CNc2cc3c(cc2N)OCCO3)cn1. The fraction of sp³-hybridized carbons (Fsp3) is 0.286. The summed E-state index contributed by atoms with van der Waals surface area (Å²) in [5, 5.41) is 3.24. The van der Waals surface area contributed by atoms with Crippen molar-refractivity contribution in [3.8, 4) is 11.5 Å². The molecule has 1 aliphatic rings. The van der Waals surface area contributed by atoms with Gasteiger partial charge in [-0.1, -0.05) is 0 Å². The van der Waals surface area contributed by atoms with E-state index in [1.807, 2.05) is 13.0 Å². The molecular weight excluding hydrogens is 256 g/mol. The Morgan fingerprint density at radius 3 is 2.60 bits per heavy atom.